The summed E-state index contributed by atoms with van der Waals surface area (Å²) in [6, 6.07) is 38.0. The van der Waals surface area contributed by atoms with E-state index in [4.69, 9.17) is 4.74 Å². The molecule has 4 heteroatoms. The lowest BCUT2D eigenvalue weighted by atomic mass is 10.0. The number of carbonyl (C=O) groups excluding carboxylic acids is 1. The molecule has 0 aliphatic carbocycles. The van der Waals surface area contributed by atoms with Crippen LogP contribution in [0, 0.1) is 0 Å². The number of hydrogen-bond donors (Lipinski definition) is 2. The van der Waals surface area contributed by atoms with Crippen LogP contribution in [0.25, 0.3) is 10.8 Å². The Morgan fingerprint density at radius 2 is 1.21 bits per heavy atom. The fourth-order valence-corrected chi connectivity index (χ4v) is 3.92. The number of phenolic OH excluding ortho intramolecular Hbond substituents is 1. The van der Waals surface area contributed by atoms with Gasteiger partial charge in [-0.1, -0.05) is 72.8 Å². The van der Waals surface area contributed by atoms with Gasteiger partial charge in [0, 0.05) is 11.4 Å². The van der Waals surface area contributed by atoms with Gasteiger partial charge in [-0.25, -0.2) is 4.79 Å². The number of benzene rings is 5. The van der Waals surface area contributed by atoms with Crippen LogP contribution in [0.2, 0.25) is 0 Å². The van der Waals surface area contributed by atoms with E-state index in [2.05, 4.69) is 5.32 Å². The summed E-state index contributed by atoms with van der Waals surface area (Å²) in [6.45, 7) is 0. The van der Waals surface area contributed by atoms with Gasteiger partial charge in [0.1, 0.15) is 5.75 Å². The molecule has 34 heavy (non-hydrogen) atoms. The molecule has 0 heterocycles. The molecule has 0 bridgehead atoms. The van der Waals surface area contributed by atoms with E-state index in [1.807, 2.05) is 103 Å². The van der Waals surface area contributed by atoms with E-state index in [0.717, 1.165) is 33.3 Å². The first-order chi connectivity index (χ1) is 16.7. The van der Waals surface area contributed by atoms with Crippen molar-refractivity contribution in [2.24, 2.45) is 0 Å². The molecule has 0 aliphatic rings. The van der Waals surface area contributed by atoms with Gasteiger partial charge >= 0.3 is 5.97 Å². The van der Waals surface area contributed by atoms with E-state index >= 15 is 0 Å². The van der Waals surface area contributed by atoms with Crippen LogP contribution >= 0.6 is 0 Å². The number of hydrogen-bond acceptors (Lipinski definition) is 4. The van der Waals surface area contributed by atoms with E-state index in [0.29, 0.717) is 5.56 Å². The van der Waals surface area contributed by atoms with Crippen LogP contribution < -0.4 is 5.32 Å². The van der Waals surface area contributed by atoms with E-state index in [-0.39, 0.29) is 11.7 Å². The SMILES string of the molecule is O=C(OC(c1ccccc1)c1ccccc1)c1ccc2cc(Nc3ccc(O)cc3)ccc2c1. The van der Waals surface area contributed by atoms with Crippen LogP contribution in [0.1, 0.15) is 27.6 Å². The Balaban J connectivity index is 1.38. The Bertz CT molecular complexity index is 1380. The number of fused-ring (bicyclic) bond motifs is 1. The first kappa shape index (κ1) is 21.3. The lowest BCUT2D eigenvalue weighted by Gasteiger charge is -2.19. The Morgan fingerprint density at radius 1 is 0.647 bits per heavy atom. The fraction of sp³-hybridized carbons (Fsp3) is 0.0333. The normalized spacial score (nSPS) is 10.9. The van der Waals surface area contributed by atoms with Gasteiger partial charge in [-0.3, -0.25) is 0 Å². The molecule has 0 spiro atoms. The molecule has 5 rings (SSSR count). The second-order valence-corrected chi connectivity index (χ2v) is 8.06. The third-order valence-electron chi connectivity index (χ3n) is 5.66. The first-order valence-electron chi connectivity index (χ1n) is 11.1. The van der Waals surface area contributed by atoms with Crippen molar-refractivity contribution in [1.29, 1.82) is 0 Å². The zero-order valence-corrected chi connectivity index (χ0v) is 18.4. The molecular formula is C30H23NO3. The monoisotopic (exact) mass is 445 g/mol. The quantitative estimate of drug-likeness (QED) is 0.214. The number of ether oxygens (including phenoxy) is 1. The number of esters is 1. The van der Waals surface area contributed by atoms with Crippen molar-refractivity contribution in [3.8, 4) is 5.75 Å². The van der Waals surface area contributed by atoms with Crippen LogP contribution in [-0.4, -0.2) is 11.1 Å². The summed E-state index contributed by atoms with van der Waals surface area (Å²) in [6.07, 6.45) is -0.484. The fourth-order valence-electron chi connectivity index (χ4n) is 3.92. The number of anilines is 2. The number of phenols is 1. The molecule has 2 N–H and O–H groups in total. The maximum absolute atomic E-state index is 13.1. The van der Waals surface area contributed by atoms with Gasteiger partial charge in [0.15, 0.2) is 6.10 Å². The highest BCUT2D eigenvalue weighted by Gasteiger charge is 2.20. The summed E-state index contributed by atoms with van der Waals surface area (Å²) in [5, 5.41) is 14.7. The van der Waals surface area contributed by atoms with Crippen molar-refractivity contribution < 1.29 is 14.6 Å². The zero-order chi connectivity index (χ0) is 23.3. The van der Waals surface area contributed by atoms with Crippen molar-refractivity contribution in [3.63, 3.8) is 0 Å². The first-order valence-corrected chi connectivity index (χ1v) is 11.1. The van der Waals surface area contributed by atoms with Gasteiger partial charge in [0.05, 0.1) is 5.56 Å². The summed E-state index contributed by atoms with van der Waals surface area (Å²) < 4.78 is 6.00. The average molecular weight is 446 g/mol. The minimum atomic E-state index is -0.484. The maximum atomic E-state index is 13.1. The van der Waals surface area contributed by atoms with Gasteiger partial charge < -0.3 is 15.2 Å². The summed E-state index contributed by atoms with van der Waals surface area (Å²) in [5.74, 6) is -0.142. The van der Waals surface area contributed by atoms with Crippen LogP contribution in [0.15, 0.2) is 121 Å². The van der Waals surface area contributed by atoms with Crippen LogP contribution in [0.4, 0.5) is 11.4 Å². The van der Waals surface area contributed by atoms with Crippen LogP contribution in [0.3, 0.4) is 0 Å². The second kappa shape index (κ2) is 9.51. The van der Waals surface area contributed by atoms with Gasteiger partial charge in [0.2, 0.25) is 0 Å². The number of aromatic hydroxyl groups is 1. The third-order valence-corrected chi connectivity index (χ3v) is 5.66. The topological polar surface area (TPSA) is 58.6 Å². The van der Waals surface area contributed by atoms with Crippen molar-refractivity contribution in [3.05, 3.63) is 138 Å². The molecule has 0 unspecified atom stereocenters. The summed E-state index contributed by atoms with van der Waals surface area (Å²) in [7, 11) is 0. The molecule has 5 aromatic rings. The second-order valence-electron chi connectivity index (χ2n) is 8.06. The van der Waals surface area contributed by atoms with Gasteiger partial charge in [0.25, 0.3) is 0 Å². The van der Waals surface area contributed by atoms with Crippen LogP contribution in [-0.2, 0) is 4.74 Å². The van der Waals surface area contributed by atoms with Crippen LogP contribution in [0.5, 0.6) is 5.75 Å². The molecule has 0 fully saturated rings. The summed E-state index contributed by atoms with van der Waals surface area (Å²) in [5.41, 5.74) is 4.15. The van der Waals surface area contributed by atoms with E-state index in [1.165, 1.54) is 0 Å². The molecule has 0 aromatic heterocycles. The Morgan fingerprint density at radius 3 is 1.85 bits per heavy atom. The molecule has 0 aliphatic heterocycles. The Hall–Kier alpha value is -4.57. The highest BCUT2D eigenvalue weighted by molar-refractivity contribution is 5.96. The summed E-state index contributed by atoms with van der Waals surface area (Å²) >= 11 is 0. The van der Waals surface area contributed by atoms with E-state index < -0.39 is 6.10 Å². The van der Waals surface area contributed by atoms with Crippen molar-refractivity contribution in [2.45, 2.75) is 6.10 Å². The Labute approximate surface area is 198 Å². The van der Waals surface area contributed by atoms with Crippen molar-refractivity contribution in [2.75, 3.05) is 5.32 Å². The molecule has 0 amide bonds. The smallest absolute Gasteiger partial charge is 0.339 e. The van der Waals surface area contributed by atoms with Gasteiger partial charge in [-0.05, 0) is 70.4 Å². The Kier molecular flexibility index (Phi) is 5.95. The van der Waals surface area contributed by atoms with E-state index in [1.54, 1.807) is 18.2 Å². The average Bonchev–Trinajstić information content (AvgIpc) is 2.89. The van der Waals surface area contributed by atoms with E-state index in [9.17, 15) is 9.90 Å². The largest absolute Gasteiger partial charge is 0.508 e. The third kappa shape index (κ3) is 4.76. The lowest BCUT2D eigenvalue weighted by Crippen LogP contribution is -2.13. The molecule has 166 valence electrons. The predicted molar refractivity (Wildman–Crippen MR) is 135 cm³/mol. The molecule has 5 aromatic carbocycles. The summed E-state index contributed by atoms with van der Waals surface area (Å²) in [4.78, 5) is 13.1. The van der Waals surface area contributed by atoms with Crippen molar-refractivity contribution in [1.82, 2.24) is 0 Å². The molecule has 0 atom stereocenters. The molecule has 4 nitrogen and oxygen atoms in total. The highest BCUT2D eigenvalue weighted by Crippen LogP contribution is 2.29. The molecular weight excluding hydrogens is 422 g/mol. The molecule has 0 saturated carbocycles. The number of rotatable bonds is 6. The predicted octanol–water partition coefficient (Wildman–Crippen LogP) is 7.24. The minimum Gasteiger partial charge on any atom is -0.508 e. The minimum absolute atomic E-state index is 0.227. The number of carbonyl (C=O) groups is 1. The standard InChI is InChI=1S/C30H23NO3/c32-28-17-15-26(16-18-28)31-27-14-13-23-19-25(12-11-24(23)20-27)30(33)34-29(21-7-3-1-4-8-21)22-9-5-2-6-10-22/h1-20,29,31-32H. The molecule has 0 saturated heterocycles. The highest BCUT2D eigenvalue weighted by atomic mass is 16.5. The molecule has 0 radical (unpaired) electrons. The van der Waals surface area contributed by atoms with Gasteiger partial charge in [-0.2, -0.15) is 0 Å². The number of nitrogens with one attached hydrogen (secondary N) is 1. The maximum Gasteiger partial charge on any atom is 0.339 e. The lowest BCUT2D eigenvalue weighted by molar-refractivity contribution is 0.0378. The van der Waals surface area contributed by atoms with Crippen molar-refractivity contribution >= 4 is 28.1 Å². The van der Waals surface area contributed by atoms with Gasteiger partial charge in [-0.15, -0.1) is 0 Å². The zero-order valence-electron chi connectivity index (χ0n) is 18.4.